The highest BCUT2D eigenvalue weighted by Crippen LogP contribution is 2.15. The van der Waals surface area contributed by atoms with Crippen LogP contribution in [-0.4, -0.2) is 35.8 Å². The van der Waals surface area contributed by atoms with Gasteiger partial charge in [0, 0.05) is 0 Å². The highest BCUT2D eigenvalue weighted by Gasteiger charge is 2.23. The molecule has 0 aliphatic carbocycles. The van der Waals surface area contributed by atoms with Gasteiger partial charge in [-0.15, -0.1) is 5.10 Å². The van der Waals surface area contributed by atoms with Crippen molar-refractivity contribution in [3.8, 4) is 0 Å². The van der Waals surface area contributed by atoms with Gasteiger partial charge in [0.25, 0.3) is 5.91 Å². The molecule has 0 spiro atoms. The van der Waals surface area contributed by atoms with Crippen molar-refractivity contribution in [1.82, 2.24) is 25.0 Å². The van der Waals surface area contributed by atoms with Crippen LogP contribution >= 0.6 is 0 Å². The summed E-state index contributed by atoms with van der Waals surface area (Å²) in [6.07, 6.45) is 2.32. The van der Waals surface area contributed by atoms with Crippen LogP contribution in [0, 0.1) is 15.9 Å². The number of H-pyrrole nitrogens is 1. The first-order valence-corrected chi connectivity index (χ1v) is 6.66. The lowest BCUT2D eigenvalue weighted by Crippen LogP contribution is -2.15. The third kappa shape index (κ3) is 3.24. The number of rotatable bonds is 5. The van der Waals surface area contributed by atoms with E-state index in [1.807, 2.05) is 0 Å². The van der Waals surface area contributed by atoms with E-state index in [0.717, 1.165) is 11.8 Å². The molecule has 0 atom stereocenters. The highest BCUT2D eigenvalue weighted by molar-refractivity contribution is 6.04. The predicted octanol–water partition coefficient (Wildman–Crippen LogP) is 1.35. The van der Waals surface area contributed by atoms with E-state index in [2.05, 4.69) is 25.6 Å². The molecule has 2 aromatic heterocycles. The molecule has 3 aromatic rings. The fourth-order valence-corrected chi connectivity index (χ4v) is 1.95. The Morgan fingerprint density at radius 3 is 2.83 bits per heavy atom. The van der Waals surface area contributed by atoms with Crippen molar-refractivity contribution in [1.29, 1.82) is 0 Å². The van der Waals surface area contributed by atoms with Crippen molar-refractivity contribution < 1.29 is 14.1 Å². The minimum Gasteiger partial charge on any atom is -0.288 e. The summed E-state index contributed by atoms with van der Waals surface area (Å²) in [5.41, 5.74) is 0.0523. The van der Waals surface area contributed by atoms with Crippen LogP contribution in [0.2, 0.25) is 0 Å². The molecule has 2 heterocycles. The van der Waals surface area contributed by atoms with Crippen LogP contribution in [0.3, 0.4) is 0 Å². The fraction of sp³-hybridized carbons (Fsp3) is 0.0769. The Labute approximate surface area is 133 Å². The Morgan fingerprint density at radius 1 is 1.38 bits per heavy atom. The molecule has 2 N–H and O–H groups in total. The molecule has 0 radical (unpaired) electrons. The van der Waals surface area contributed by atoms with E-state index in [9.17, 15) is 19.3 Å². The standard InChI is InChI=1S/C13H10FN7O3/c14-9-3-1-8(2-4-9)6-20-7-15-13(19-20)17-12(22)11-10(21(23)24)5-16-18-11/h1-5,7H,6H2,(H,16,18)(H,17,19,22). The van der Waals surface area contributed by atoms with Crippen molar-refractivity contribution in [2.45, 2.75) is 6.54 Å². The molecular weight excluding hydrogens is 321 g/mol. The Morgan fingerprint density at radius 2 is 2.12 bits per heavy atom. The molecule has 0 bridgehead atoms. The van der Waals surface area contributed by atoms with Crippen molar-refractivity contribution in [3.05, 3.63) is 64.0 Å². The van der Waals surface area contributed by atoms with Gasteiger partial charge in [-0.05, 0) is 17.7 Å². The number of benzene rings is 1. The Kier molecular flexibility index (Phi) is 3.97. The molecule has 122 valence electrons. The minimum absolute atomic E-state index is 0.0222. The zero-order valence-electron chi connectivity index (χ0n) is 12.0. The third-order valence-electron chi connectivity index (χ3n) is 3.06. The molecule has 0 aliphatic heterocycles. The zero-order valence-corrected chi connectivity index (χ0v) is 12.0. The SMILES string of the molecule is O=C(Nc1ncn(Cc2ccc(F)cc2)n1)c1[nH]ncc1[N+](=O)[O-]. The second kappa shape index (κ2) is 6.24. The fourth-order valence-electron chi connectivity index (χ4n) is 1.95. The number of nitrogens with zero attached hydrogens (tertiary/aromatic N) is 5. The topological polar surface area (TPSA) is 132 Å². The van der Waals surface area contributed by atoms with Crippen molar-refractivity contribution in [3.63, 3.8) is 0 Å². The van der Waals surface area contributed by atoms with Gasteiger partial charge >= 0.3 is 5.69 Å². The van der Waals surface area contributed by atoms with Crippen LogP contribution < -0.4 is 5.32 Å². The molecule has 0 fully saturated rings. The van der Waals surface area contributed by atoms with Crippen LogP contribution in [0.1, 0.15) is 16.1 Å². The molecule has 3 rings (SSSR count). The number of amides is 1. The van der Waals surface area contributed by atoms with Crippen LogP contribution in [0.25, 0.3) is 0 Å². The molecule has 10 nitrogen and oxygen atoms in total. The lowest BCUT2D eigenvalue weighted by Gasteiger charge is -2.01. The minimum atomic E-state index is -0.779. The Balaban J connectivity index is 1.69. The lowest BCUT2D eigenvalue weighted by atomic mass is 10.2. The van der Waals surface area contributed by atoms with Crippen LogP contribution in [-0.2, 0) is 6.54 Å². The van der Waals surface area contributed by atoms with E-state index in [0.29, 0.717) is 6.54 Å². The normalized spacial score (nSPS) is 10.5. The summed E-state index contributed by atoms with van der Waals surface area (Å²) in [6, 6.07) is 5.85. The molecule has 1 amide bonds. The van der Waals surface area contributed by atoms with Gasteiger partial charge in [0.05, 0.1) is 11.5 Å². The molecule has 0 saturated heterocycles. The van der Waals surface area contributed by atoms with Gasteiger partial charge in [-0.1, -0.05) is 12.1 Å². The largest absolute Gasteiger partial charge is 0.319 e. The second-order valence-corrected chi connectivity index (χ2v) is 4.73. The number of hydrogen-bond acceptors (Lipinski definition) is 6. The quantitative estimate of drug-likeness (QED) is 0.536. The second-order valence-electron chi connectivity index (χ2n) is 4.73. The van der Waals surface area contributed by atoms with Crippen molar-refractivity contribution in [2.75, 3.05) is 5.32 Å². The number of halogens is 1. The first kappa shape index (κ1) is 15.3. The average Bonchev–Trinajstić information content (AvgIpc) is 3.19. The Hall–Kier alpha value is -3.63. The van der Waals surface area contributed by atoms with Gasteiger partial charge in [0.2, 0.25) is 11.6 Å². The summed E-state index contributed by atoms with van der Waals surface area (Å²) in [4.78, 5) is 25.9. The van der Waals surface area contributed by atoms with E-state index in [-0.39, 0.29) is 17.5 Å². The van der Waals surface area contributed by atoms with Crippen molar-refractivity contribution in [2.24, 2.45) is 0 Å². The summed E-state index contributed by atoms with van der Waals surface area (Å²) in [5.74, 6) is -1.14. The summed E-state index contributed by atoms with van der Waals surface area (Å²) in [6.45, 7) is 0.327. The summed E-state index contributed by atoms with van der Waals surface area (Å²) < 4.78 is 14.3. The van der Waals surface area contributed by atoms with E-state index in [1.54, 1.807) is 12.1 Å². The van der Waals surface area contributed by atoms with Gasteiger partial charge in [0.1, 0.15) is 18.3 Å². The smallest absolute Gasteiger partial charge is 0.288 e. The molecule has 0 aliphatic rings. The van der Waals surface area contributed by atoms with Crippen LogP contribution in [0.4, 0.5) is 16.0 Å². The molecule has 24 heavy (non-hydrogen) atoms. The van der Waals surface area contributed by atoms with Gasteiger partial charge in [-0.2, -0.15) is 5.10 Å². The number of carbonyl (C=O) groups excluding carboxylic acids is 1. The van der Waals surface area contributed by atoms with Gasteiger partial charge in [0.15, 0.2) is 0 Å². The van der Waals surface area contributed by atoms with E-state index < -0.39 is 16.5 Å². The van der Waals surface area contributed by atoms with E-state index in [1.165, 1.54) is 23.1 Å². The summed E-state index contributed by atoms with van der Waals surface area (Å²) in [7, 11) is 0. The van der Waals surface area contributed by atoms with Gasteiger partial charge in [-0.3, -0.25) is 25.3 Å². The van der Waals surface area contributed by atoms with Crippen LogP contribution in [0.5, 0.6) is 0 Å². The highest BCUT2D eigenvalue weighted by atomic mass is 19.1. The third-order valence-corrected chi connectivity index (χ3v) is 3.06. The molecule has 0 saturated carbocycles. The summed E-state index contributed by atoms with van der Waals surface area (Å²) in [5, 5.41) is 22.9. The summed E-state index contributed by atoms with van der Waals surface area (Å²) >= 11 is 0. The molecule has 11 heteroatoms. The number of anilines is 1. The maximum absolute atomic E-state index is 12.9. The first-order valence-electron chi connectivity index (χ1n) is 6.66. The first-order chi connectivity index (χ1) is 11.5. The number of nitrogens with one attached hydrogen (secondary N) is 2. The maximum Gasteiger partial charge on any atom is 0.319 e. The van der Waals surface area contributed by atoms with Gasteiger partial charge in [-0.25, -0.2) is 14.1 Å². The average molecular weight is 331 g/mol. The maximum atomic E-state index is 12.9. The molecule has 0 unspecified atom stereocenters. The number of aromatic amines is 1. The lowest BCUT2D eigenvalue weighted by molar-refractivity contribution is -0.385. The van der Waals surface area contributed by atoms with Crippen molar-refractivity contribution >= 4 is 17.5 Å². The number of nitro groups is 1. The molecule has 1 aromatic carbocycles. The Bertz CT molecular complexity index is 887. The van der Waals surface area contributed by atoms with E-state index in [4.69, 9.17) is 0 Å². The zero-order chi connectivity index (χ0) is 17.1. The predicted molar refractivity (Wildman–Crippen MR) is 78.7 cm³/mol. The number of carbonyl (C=O) groups is 1. The van der Waals surface area contributed by atoms with E-state index >= 15 is 0 Å². The van der Waals surface area contributed by atoms with Gasteiger partial charge < -0.3 is 0 Å². The number of aromatic nitrogens is 5. The van der Waals surface area contributed by atoms with Crippen LogP contribution in [0.15, 0.2) is 36.8 Å². The monoisotopic (exact) mass is 331 g/mol. The number of hydrogen-bond donors (Lipinski definition) is 2. The molecular formula is C13H10FN7O3.